The Bertz CT molecular complexity index is 579. The third-order valence-electron chi connectivity index (χ3n) is 8.45. The zero-order valence-electron chi connectivity index (χ0n) is 14.6. The number of allylic oxidation sites excluding steroid dienone is 1. The minimum atomic E-state index is -0.407. The fourth-order valence-corrected chi connectivity index (χ4v) is 7.44. The summed E-state index contributed by atoms with van der Waals surface area (Å²) in [6.45, 7) is 10.7. The molecule has 4 saturated carbocycles. The van der Waals surface area contributed by atoms with Gasteiger partial charge in [-0.2, -0.15) is 0 Å². The summed E-state index contributed by atoms with van der Waals surface area (Å²) < 4.78 is 0. The molecule has 2 bridgehead atoms. The number of aliphatic hydroxyl groups excluding tert-OH is 2. The van der Waals surface area contributed by atoms with E-state index in [2.05, 4.69) is 27.4 Å². The van der Waals surface area contributed by atoms with Crippen molar-refractivity contribution >= 4 is 5.78 Å². The number of Topliss-reactive ketones (excluding diaryl/α,β-unsaturated/α-hetero) is 1. The molecule has 128 valence electrons. The smallest absolute Gasteiger partial charge is 0.165 e. The van der Waals surface area contributed by atoms with Crippen LogP contribution in [0, 0.1) is 34.0 Å². The Labute approximate surface area is 139 Å². The SMILES string of the molecule is C=C1C(=O)C23CCC4C(C)(C)C(O)CCC4(C)C2C(O)CC1C3. The number of hydrogen-bond donors (Lipinski definition) is 2. The Balaban J connectivity index is 1.83. The van der Waals surface area contributed by atoms with Gasteiger partial charge < -0.3 is 10.2 Å². The van der Waals surface area contributed by atoms with E-state index in [9.17, 15) is 15.0 Å². The molecule has 0 aromatic rings. The molecule has 4 aliphatic rings. The van der Waals surface area contributed by atoms with E-state index < -0.39 is 6.10 Å². The number of ketones is 1. The summed E-state index contributed by atoms with van der Waals surface area (Å²) in [5, 5.41) is 21.5. The standard InChI is InChI=1S/C20H30O3/c1-11-12-9-13(21)16-19(4)7-6-15(22)18(2,3)14(19)5-8-20(16,10-12)17(11)23/h12-16,21-22H,1,5-10H2,2-4H3. The van der Waals surface area contributed by atoms with Crippen LogP contribution in [-0.4, -0.2) is 28.2 Å². The zero-order chi connectivity index (χ0) is 16.8. The largest absolute Gasteiger partial charge is 0.393 e. The van der Waals surface area contributed by atoms with Crippen molar-refractivity contribution in [3.63, 3.8) is 0 Å². The third-order valence-corrected chi connectivity index (χ3v) is 8.45. The Morgan fingerprint density at radius 3 is 2.52 bits per heavy atom. The third kappa shape index (κ3) is 1.71. The maximum absolute atomic E-state index is 13.1. The zero-order valence-corrected chi connectivity index (χ0v) is 14.6. The maximum atomic E-state index is 13.1. The molecule has 4 aliphatic carbocycles. The first kappa shape index (κ1) is 15.8. The number of carbonyl (C=O) groups excluding carboxylic acids is 1. The van der Waals surface area contributed by atoms with E-state index in [0.717, 1.165) is 37.7 Å². The molecular weight excluding hydrogens is 288 g/mol. The lowest BCUT2D eigenvalue weighted by Crippen LogP contribution is -2.63. The van der Waals surface area contributed by atoms with Gasteiger partial charge in [-0.1, -0.05) is 27.4 Å². The second-order valence-corrected chi connectivity index (χ2v) is 9.67. The van der Waals surface area contributed by atoms with Gasteiger partial charge in [0.25, 0.3) is 0 Å². The van der Waals surface area contributed by atoms with Gasteiger partial charge in [-0.15, -0.1) is 0 Å². The topological polar surface area (TPSA) is 57.5 Å². The molecule has 0 aromatic heterocycles. The van der Waals surface area contributed by atoms with Gasteiger partial charge in [0.2, 0.25) is 0 Å². The lowest BCUT2D eigenvalue weighted by Gasteiger charge is -2.64. The van der Waals surface area contributed by atoms with Crippen LogP contribution in [0.1, 0.15) is 59.3 Å². The van der Waals surface area contributed by atoms with Crippen LogP contribution in [0.25, 0.3) is 0 Å². The average Bonchev–Trinajstić information content (AvgIpc) is 2.65. The van der Waals surface area contributed by atoms with Gasteiger partial charge in [0, 0.05) is 11.3 Å². The number of carbonyl (C=O) groups is 1. The van der Waals surface area contributed by atoms with E-state index in [1.165, 1.54) is 0 Å². The lowest BCUT2D eigenvalue weighted by molar-refractivity contribution is -0.207. The monoisotopic (exact) mass is 318 g/mol. The molecule has 23 heavy (non-hydrogen) atoms. The van der Waals surface area contributed by atoms with E-state index >= 15 is 0 Å². The summed E-state index contributed by atoms with van der Waals surface area (Å²) in [6, 6.07) is 0. The van der Waals surface area contributed by atoms with Crippen molar-refractivity contribution < 1.29 is 15.0 Å². The second-order valence-electron chi connectivity index (χ2n) is 9.67. The Kier molecular flexibility index (Phi) is 3.09. The fourth-order valence-electron chi connectivity index (χ4n) is 7.44. The average molecular weight is 318 g/mol. The van der Waals surface area contributed by atoms with E-state index in [4.69, 9.17) is 0 Å². The number of hydrogen-bond acceptors (Lipinski definition) is 3. The van der Waals surface area contributed by atoms with E-state index in [-0.39, 0.29) is 40.0 Å². The number of fused-ring (bicyclic) bond motifs is 3. The first-order valence-electron chi connectivity index (χ1n) is 9.24. The molecule has 4 fully saturated rings. The van der Waals surface area contributed by atoms with Crippen LogP contribution in [0.3, 0.4) is 0 Å². The highest BCUT2D eigenvalue weighted by atomic mass is 16.3. The quantitative estimate of drug-likeness (QED) is 0.675. The molecule has 7 atom stereocenters. The van der Waals surface area contributed by atoms with Gasteiger partial charge in [-0.25, -0.2) is 0 Å². The van der Waals surface area contributed by atoms with E-state index in [0.29, 0.717) is 12.3 Å². The van der Waals surface area contributed by atoms with Crippen molar-refractivity contribution in [2.24, 2.45) is 34.0 Å². The van der Waals surface area contributed by atoms with Gasteiger partial charge in [-0.3, -0.25) is 4.79 Å². The van der Waals surface area contributed by atoms with Crippen LogP contribution < -0.4 is 0 Å². The molecule has 0 aliphatic heterocycles. The summed E-state index contributed by atoms with van der Waals surface area (Å²) in [6.07, 6.45) is 4.44. The Hall–Kier alpha value is -0.670. The molecular formula is C20H30O3. The van der Waals surface area contributed by atoms with Crippen LogP contribution in [0.4, 0.5) is 0 Å². The molecule has 0 saturated heterocycles. The summed E-state index contributed by atoms with van der Waals surface area (Å²) in [4.78, 5) is 13.1. The van der Waals surface area contributed by atoms with Crippen LogP contribution in [0.15, 0.2) is 12.2 Å². The second kappa shape index (κ2) is 4.49. The summed E-state index contributed by atoms with van der Waals surface area (Å²) in [5.41, 5.74) is 0.183. The molecule has 0 amide bonds. The van der Waals surface area contributed by atoms with Crippen molar-refractivity contribution in [2.75, 3.05) is 0 Å². The molecule has 3 nitrogen and oxygen atoms in total. The van der Waals surface area contributed by atoms with Gasteiger partial charge >= 0.3 is 0 Å². The highest BCUT2D eigenvalue weighted by Gasteiger charge is 2.69. The predicted octanol–water partition coefficient (Wildman–Crippen LogP) is 3.10. The predicted molar refractivity (Wildman–Crippen MR) is 88.7 cm³/mol. The minimum Gasteiger partial charge on any atom is -0.393 e. The van der Waals surface area contributed by atoms with Crippen LogP contribution >= 0.6 is 0 Å². The first-order chi connectivity index (χ1) is 10.6. The molecule has 4 rings (SSSR count). The molecule has 2 N–H and O–H groups in total. The van der Waals surface area contributed by atoms with Gasteiger partial charge in [0.15, 0.2) is 5.78 Å². The van der Waals surface area contributed by atoms with Crippen molar-refractivity contribution in [2.45, 2.75) is 71.5 Å². The van der Waals surface area contributed by atoms with Crippen LogP contribution in [-0.2, 0) is 4.79 Å². The molecule has 0 aromatic carbocycles. The Morgan fingerprint density at radius 2 is 1.83 bits per heavy atom. The fraction of sp³-hybridized carbons (Fsp3) is 0.850. The number of rotatable bonds is 0. The van der Waals surface area contributed by atoms with E-state index in [1.54, 1.807) is 0 Å². The Morgan fingerprint density at radius 1 is 1.13 bits per heavy atom. The van der Waals surface area contributed by atoms with Crippen molar-refractivity contribution in [3.8, 4) is 0 Å². The molecule has 0 radical (unpaired) electrons. The van der Waals surface area contributed by atoms with Gasteiger partial charge in [0.05, 0.1) is 12.2 Å². The van der Waals surface area contributed by atoms with Crippen LogP contribution in [0.5, 0.6) is 0 Å². The summed E-state index contributed by atoms with van der Waals surface area (Å²) >= 11 is 0. The lowest BCUT2D eigenvalue weighted by atomic mass is 9.40. The van der Waals surface area contributed by atoms with Gasteiger partial charge in [-0.05, 0) is 66.8 Å². The van der Waals surface area contributed by atoms with Crippen molar-refractivity contribution in [1.82, 2.24) is 0 Å². The normalized spacial score (nSPS) is 54.6. The molecule has 0 heterocycles. The molecule has 3 heteroatoms. The highest BCUT2D eigenvalue weighted by molar-refractivity contribution is 6.03. The summed E-state index contributed by atoms with van der Waals surface area (Å²) in [5.74, 6) is 0.828. The minimum absolute atomic E-state index is 0.0310. The van der Waals surface area contributed by atoms with Gasteiger partial charge in [0.1, 0.15) is 0 Å². The van der Waals surface area contributed by atoms with E-state index in [1.807, 2.05) is 0 Å². The molecule has 1 spiro atoms. The van der Waals surface area contributed by atoms with Crippen molar-refractivity contribution in [1.29, 1.82) is 0 Å². The molecule has 7 unspecified atom stereocenters. The summed E-state index contributed by atoms with van der Waals surface area (Å²) in [7, 11) is 0. The first-order valence-corrected chi connectivity index (χ1v) is 9.24. The maximum Gasteiger partial charge on any atom is 0.165 e. The highest BCUT2D eigenvalue weighted by Crippen LogP contribution is 2.70. The van der Waals surface area contributed by atoms with Crippen molar-refractivity contribution in [3.05, 3.63) is 12.2 Å². The number of aliphatic hydroxyl groups is 2. The van der Waals surface area contributed by atoms with Crippen LogP contribution in [0.2, 0.25) is 0 Å².